The molecule has 0 saturated carbocycles. The zero-order chi connectivity index (χ0) is 20.4. The maximum Gasteiger partial charge on any atom is 0.295 e. The minimum Gasteiger partial charge on any atom is -0.340 e. The van der Waals surface area contributed by atoms with Crippen LogP contribution in [0.1, 0.15) is 24.3 Å². The van der Waals surface area contributed by atoms with E-state index >= 15 is 0 Å². The van der Waals surface area contributed by atoms with Crippen LogP contribution in [0.2, 0.25) is 5.02 Å². The second-order valence-electron chi connectivity index (χ2n) is 7.17. The summed E-state index contributed by atoms with van der Waals surface area (Å²) >= 11 is 6.13. The summed E-state index contributed by atoms with van der Waals surface area (Å²) < 4.78 is 3.18. The summed E-state index contributed by atoms with van der Waals surface area (Å²) in [6.45, 7) is 8.75. The monoisotopic (exact) mass is 398 g/mol. The first-order valence-electron chi connectivity index (χ1n) is 9.06. The summed E-state index contributed by atoms with van der Waals surface area (Å²) in [6.07, 6.45) is 5.04. The fourth-order valence-corrected chi connectivity index (χ4v) is 3.39. The van der Waals surface area contributed by atoms with Gasteiger partial charge in [0.1, 0.15) is 5.69 Å². The van der Waals surface area contributed by atoms with Gasteiger partial charge in [0.15, 0.2) is 0 Å². The molecule has 2 heterocycles. The van der Waals surface area contributed by atoms with Crippen molar-refractivity contribution < 1.29 is 4.79 Å². The number of aromatic nitrogens is 3. The zero-order valence-electron chi connectivity index (χ0n) is 16.2. The zero-order valence-corrected chi connectivity index (χ0v) is 17.0. The lowest BCUT2D eigenvalue weighted by Crippen LogP contribution is -2.30. The first-order valence-corrected chi connectivity index (χ1v) is 9.44. The van der Waals surface area contributed by atoms with E-state index in [9.17, 15) is 9.59 Å². The van der Waals surface area contributed by atoms with Gasteiger partial charge < -0.3 is 4.90 Å². The number of halogens is 1. The summed E-state index contributed by atoms with van der Waals surface area (Å²) in [5.74, 6) is 0.126. The number of allylic oxidation sites excluding steroid dienone is 1. The summed E-state index contributed by atoms with van der Waals surface area (Å²) in [4.78, 5) is 31.7. The van der Waals surface area contributed by atoms with Crippen LogP contribution in [0.5, 0.6) is 0 Å². The van der Waals surface area contributed by atoms with E-state index < -0.39 is 0 Å². The second kappa shape index (κ2) is 8.02. The minimum absolute atomic E-state index is 0.203. The lowest BCUT2D eigenvalue weighted by molar-refractivity contribution is 0.0774. The highest BCUT2D eigenvalue weighted by Crippen LogP contribution is 2.22. The molecule has 1 amide bonds. The van der Waals surface area contributed by atoms with Crippen molar-refractivity contribution >= 4 is 23.2 Å². The van der Waals surface area contributed by atoms with Crippen molar-refractivity contribution in [1.29, 1.82) is 0 Å². The molecule has 2 aromatic heterocycles. The number of rotatable bonds is 6. The molecule has 1 aromatic carbocycles. The number of nitrogens with zero attached hydrogens (tertiary/aromatic N) is 4. The molecule has 146 valence electrons. The third-order valence-electron chi connectivity index (χ3n) is 4.36. The van der Waals surface area contributed by atoms with Crippen molar-refractivity contribution in [1.82, 2.24) is 18.9 Å². The van der Waals surface area contributed by atoms with Crippen LogP contribution in [0.3, 0.4) is 0 Å². The van der Waals surface area contributed by atoms with E-state index in [0.717, 1.165) is 5.56 Å². The number of carbonyl (C=O) groups excluding carboxylic acids is 1. The molecule has 0 atom stereocenters. The molecular weight excluding hydrogens is 376 g/mol. The quantitative estimate of drug-likeness (QED) is 0.594. The van der Waals surface area contributed by atoms with E-state index in [1.807, 2.05) is 26.0 Å². The molecule has 28 heavy (non-hydrogen) atoms. The van der Waals surface area contributed by atoms with Crippen LogP contribution in [0.15, 0.2) is 54.1 Å². The predicted molar refractivity (Wildman–Crippen MR) is 112 cm³/mol. The summed E-state index contributed by atoms with van der Waals surface area (Å²) in [5.41, 5.74) is 1.63. The number of hydrogen-bond donors (Lipinski definition) is 0. The van der Waals surface area contributed by atoms with E-state index in [1.54, 1.807) is 51.5 Å². The van der Waals surface area contributed by atoms with Crippen LogP contribution in [-0.2, 0) is 6.54 Å². The number of carbonyl (C=O) groups is 1. The summed E-state index contributed by atoms with van der Waals surface area (Å²) in [6, 6.07) is 7.28. The van der Waals surface area contributed by atoms with Gasteiger partial charge in [0, 0.05) is 43.1 Å². The molecule has 0 saturated heterocycles. The highest BCUT2D eigenvalue weighted by Gasteiger charge is 2.19. The van der Waals surface area contributed by atoms with Crippen molar-refractivity contribution in [3.05, 3.63) is 70.4 Å². The lowest BCUT2D eigenvalue weighted by Gasteiger charge is -2.17. The molecule has 3 rings (SSSR count). The Morgan fingerprint density at radius 1 is 1.36 bits per heavy atom. The van der Waals surface area contributed by atoms with E-state index in [4.69, 9.17) is 11.6 Å². The highest BCUT2D eigenvalue weighted by molar-refractivity contribution is 6.30. The molecule has 0 spiro atoms. The van der Waals surface area contributed by atoms with Gasteiger partial charge in [-0.2, -0.15) is 0 Å². The summed E-state index contributed by atoms with van der Waals surface area (Å²) in [5, 5.41) is 0.576. The Labute approximate surface area is 168 Å². The standard InChI is InChI=1S/C21H23ClN4O2/c1-5-9-26-18(15-7-6-8-16(22)10-15)13-25-12-17(23-19(25)21(26)28)20(27)24(4)11-14(2)3/h5-8,10,12-14H,1,9,11H2,2-4H3. The molecule has 3 aromatic rings. The van der Waals surface area contributed by atoms with Gasteiger partial charge in [-0.05, 0) is 18.1 Å². The molecule has 0 unspecified atom stereocenters. The number of amides is 1. The first-order chi connectivity index (χ1) is 13.3. The number of hydrogen-bond acceptors (Lipinski definition) is 3. The molecular formula is C21H23ClN4O2. The third kappa shape index (κ3) is 3.87. The van der Waals surface area contributed by atoms with Gasteiger partial charge in [0.05, 0.1) is 5.69 Å². The van der Waals surface area contributed by atoms with Crippen LogP contribution in [0, 0.1) is 5.92 Å². The Bertz CT molecular complexity index is 1100. The van der Waals surface area contributed by atoms with Crippen LogP contribution in [0.4, 0.5) is 0 Å². The fraction of sp³-hybridized carbons (Fsp3) is 0.286. The minimum atomic E-state index is -0.289. The van der Waals surface area contributed by atoms with Crippen molar-refractivity contribution in [3.8, 4) is 11.3 Å². The third-order valence-corrected chi connectivity index (χ3v) is 4.59. The summed E-state index contributed by atoms with van der Waals surface area (Å²) in [7, 11) is 1.74. The average molecular weight is 399 g/mol. The van der Waals surface area contributed by atoms with Crippen LogP contribution < -0.4 is 5.56 Å². The fourth-order valence-electron chi connectivity index (χ4n) is 3.20. The maximum atomic E-state index is 13.1. The van der Waals surface area contributed by atoms with E-state index in [2.05, 4.69) is 11.6 Å². The normalized spacial score (nSPS) is 11.2. The van der Waals surface area contributed by atoms with Crippen LogP contribution >= 0.6 is 11.6 Å². The van der Waals surface area contributed by atoms with Gasteiger partial charge in [0.25, 0.3) is 11.5 Å². The Hall–Kier alpha value is -2.86. The van der Waals surface area contributed by atoms with Crippen molar-refractivity contribution in [2.24, 2.45) is 5.92 Å². The van der Waals surface area contributed by atoms with Gasteiger partial charge in [-0.1, -0.05) is 43.7 Å². The van der Waals surface area contributed by atoms with E-state index in [1.165, 1.54) is 0 Å². The second-order valence-corrected chi connectivity index (χ2v) is 7.60. The molecule has 0 aliphatic heterocycles. The van der Waals surface area contributed by atoms with Crippen molar-refractivity contribution in [2.75, 3.05) is 13.6 Å². The van der Waals surface area contributed by atoms with Gasteiger partial charge in [-0.15, -0.1) is 6.58 Å². The average Bonchev–Trinajstić information content (AvgIpc) is 3.07. The van der Waals surface area contributed by atoms with Crippen molar-refractivity contribution in [2.45, 2.75) is 20.4 Å². The molecule has 0 bridgehead atoms. The van der Waals surface area contributed by atoms with Crippen LogP contribution in [-0.4, -0.2) is 38.4 Å². The topological polar surface area (TPSA) is 59.6 Å². The smallest absolute Gasteiger partial charge is 0.295 e. The first kappa shape index (κ1) is 19.9. The highest BCUT2D eigenvalue weighted by atomic mass is 35.5. The molecule has 0 N–H and O–H groups in total. The van der Waals surface area contributed by atoms with E-state index in [-0.39, 0.29) is 22.8 Å². The Morgan fingerprint density at radius 2 is 2.11 bits per heavy atom. The molecule has 0 aliphatic carbocycles. The maximum absolute atomic E-state index is 13.1. The Kier molecular flexibility index (Phi) is 5.70. The van der Waals surface area contributed by atoms with Crippen LogP contribution in [0.25, 0.3) is 16.9 Å². The number of fused-ring (bicyclic) bond motifs is 1. The van der Waals surface area contributed by atoms with Gasteiger partial charge >= 0.3 is 0 Å². The predicted octanol–water partition coefficient (Wildman–Crippen LogP) is 3.73. The largest absolute Gasteiger partial charge is 0.340 e. The van der Waals surface area contributed by atoms with Crippen molar-refractivity contribution in [3.63, 3.8) is 0 Å². The van der Waals surface area contributed by atoms with Gasteiger partial charge in [-0.3, -0.25) is 18.6 Å². The molecule has 6 nitrogen and oxygen atoms in total. The molecule has 0 fully saturated rings. The Morgan fingerprint density at radius 3 is 2.75 bits per heavy atom. The number of benzene rings is 1. The van der Waals surface area contributed by atoms with E-state index in [0.29, 0.717) is 29.7 Å². The molecule has 7 heteroatoms. The molecule has 0 radical (unpaired) electrons. The van der Waals surface area contributed by atoms with Gasteiger partial charge in [-0.25, -0.2) is 4.98 Å². The molecule has 0 aliphatic rings. The van der Waals surface area contributed by atoms with Gasteiger partial charge in [0.2, 0.25) is 5.65 Å². The SMILES string of the molecule is C=CCn1c(-c2cccc(Cl)c2)cn2cc(C(=O)N(C)CC(C)C)nc2c1=O. The number of imidazole rings is 1. The lowest BCUT2D eigenvalue weighted by atomic mass is 10.1. The Balaban J connectivity index is 2.16.